The molecule has 5 heteroatoms. The van der Waals surface area contributed by atoms with Crippen LogP contribution in [0.4, 0.5) is 0 Å². The lowest BCUT2D eigenvalue weighted by molar-refractivity contribution is -0.163. The third-order valence-electron chi connectivity index (χ3n) is 3.50. The lowest BCUT2D eigenvalue weighted by atomic mass is 9.80. The Kier molecular flexibility index (Phi) is 3.98. The Morgan fingerprint density at radius 1 is 1.67 bits per heavy atom. The number of aliphatic hydroxyl groups excluding tert-OH is 1. The zero-order valence-corrected chi connectivity index (χ0v) is 9.68. The third kappa shape index (κ3) is 1.86. The Morgan fingerprint density at radius 3 is 3.07 bits per heavy atom. The number of aliphatic hydroxyl groups is 1. The van der Waals surface area contributed by atoms with Crippen molar-refractivity contribution in [2.45, 2.75) is 25.9 Å². The van der Waals surface area contributed by atoms with E-state index in [0.717, 1.165) is 19.4 Å². The number of nitrogens with one attached hydrogen (secondary N) is 1. The van der Waals surface area contributed by atoms with Crippen molar-refractivity contribution in [1.82, 2.24) is 5.32 Å². The molecule has 0 aromatic carbocycles. The molecule has 0 unspecified atom stereocenters. The Bertz CT molecular complexity index is 245. The highest BCUT2D eigenvalue weighted by Gasteiger charge is 2.56. The number of fused-ring (bicyclic) bond motifs is 2. The molecule has 15 heavy (non-hydrogen) atoms. The largest absolute Gasteiger partial charge is 0.465 e. The number of piperidine rings is 1. The Hall–Kier alpha value is -0.320. The van der Waals surface area contributed by atoms with Gasteiger partial charge in [-0.25, -0.2) is 0 Å². The molecule has 2 N–H and O–H groups in total. The molecule has 1 aliphatic heterocycles. The van der Waals surface area contributed by atoms with E-state index in [0.29, 0.717) is 13.2 Å². The minimum absolute atomic E-state index is 0. The molecule has 0 aromatic rings. The van der Waals surface area contributed by atoms with Gasteiger partial charge < -0.3 is 15.2 Å². The Balaban J connectivity index is 0.00000112. The van der Waals surface area contributed by atoms with Gasteiger partial charge in [0, 0.05) is 13.1 Å². The molecule has 2 bridgehead atoms. The van der Waals surface area contributed by atoms with Crippen molar-refractivity contribution in [3.05, 3.63) is 0 Å². The first kappa shape index (κ1) is 12.7. The van der Waals surface area contributed by atoms with Crippen LogP contribution in [0.5, 0.6) is 0 Å². The van der Waals surface area contributed by atoms with Crippen molar-refractivity contribution in [2.75, 3.05) is 19.7 Å². The zero-order chi connectivity index (χ0) is 10.2. The van der Waals surface area contributed by atoms with Crippen LogP contribution in [-0.2, 0) is 9.53 Å². The molecule has 2 aliphatic rings. The van der Waals surface area contributed by atoms with Crippen LogP contribution in [0.15, 0.2) is 0 Å². The summed E-state index contributed by atoms with van der Waals surface area (Å²) in [5, 5.41) is 13.2. The minimum atomic E-state index is -0.654. The number of carbonyl (C=O) groups excluding carboxylic acids is 1. The molecule has 88 valence electrons. The van der Waals surface area contributed by atoms with E-state index in [1.54, 1.807) is 6.92 Å². The smallest absolute Gasteiger partial charge is 0.316 e. The maximum Gasteiger partial charge on any atom is 0.316 e. The summed E-state index contributed by atoms with van der Waals surface area (Å²) in [5.74, 6) is -0.00430. The molecule has 2 rings (SSSR count). The SMILES string of the molecule is CCOC(=O)[C@@]12CC[C@@H](CNC1)[C@H]2O.Cl. The Morgan fingerprint density at radius 2 is 2.40 bits per heavy atom. The minimum Gasteiger partial charge on any atom is -0.465 e. The molecule has 3 atom stereocenters. The lowest BCUT2D eigenvalue weighted by Crippen LogP contribution is -2.54. The molecule has 4 nitrogen and oxygen atoms in total. The van der Waals surface area contributed by atoms with Crippen molar-refractivity contribution in [1.29, 1.82) is 0 Å². The van der Waals surface area contributed by atoms with Gasteiger partial charge in [0.05, 0.1) is 12.7 Å². The van der Waals surface area contributed by atoms with Gasteiger partial charge in [-0.05, 0) is 25.7 Å². The predicted octanol–water partition coefficient (Wildman–Crippen LogP) is 0.332. The fourth-order valence-corrected chi connectivity index (χ4v) is 2.66. The predicted molar refractivity (Wildman–Crippen MR) is 57.9 cm³/mol. The van der Waals surface area contributed by atoms with Gasteiger partial charge in [0.25, 0.3) is 0 Å². The van der Waals surface area contributed by atoms with Gasteiger partial charge in [0.15, 0.2) is 0 Å². The zero-order valence-electron chi connectivity index (χ0n) is 8.86. The summed E-state index contributed by atoms with van der Waals surface area (Å²) >= 11 is 0. The quantitative estimate of drug-likeness (QED) is 0.678. The first-order valence-corrected chi connectivity index (χ1v) is 5.26. The number of ether oxygens (including phenoxy) is 1. The fourth-order valence-electron chi connectivity index (χ4n) is 2.66. The van der Waals surface area contributed by atoms with Crippen LogP contribution in [0.3, 0.4) is 0 Å². The number of hydrogen-bond donors (Lipinski definition) is 2. The molecule has 1 saturated carbocycles. The molecular formula is C10H18ClNO3. The summed E-state index contributed by atoms with van der Waals surface area (Å²) in [6.45, 7) is 3.56. The van der Waals surface area contributed by atoms with Crippen molar-refractivity contribution in [3.63, 3.8) is 0 Å². The summed E-state index contributed by atoms with van der Waals surface area (Å²) in [5.41, 5.74) is -0.654. The summed E-state index contributed by atoms with van der Waals surface area (Å²) < 4.78 is 5.03. The number of rotatable bonds is 2. The Labute approximate surface area is 95.8 Å². The molecule has 0 amide bonds. The first-order valence-electron chi connectivity index (χ1n) is 5.26. The summed E-state index contributed by atoms with van der Waals surface area (Å²) in [4.78, 5) is 11.8. The van der Waals surface area contributed by atoms with E-state index in [1.165, 1.54) is 0 Å². The summed E-state index contributed by atoms with van der Waals surface area (Å²) in [7, 11) is 0. The highest BCUT2D eigenvalue weighted by molar-refractivity contribution is 5.85. The third-order valence-corrected chi connectivity index (χ3v) is 3.50. The van der Waals surface area contributed by atoms with Gasteiger partial charge in [-0.1, -0.05) is 0 Å². The van der Waals surface area contributed by atoms with Gasteiger partial charge in [-0.3, -0.25) is 4.79 Å². The van der Waals surface area contributed by atoms with Gasteiger partial charge in [-0.2, -0.15) is 0 Å². The number of halogens is 1. The first-order chi connectivity index (χ1) is 6.70. The standard InChI is InChI=1S/C10H17NO3.ClH/c1-2-14-9(13)10-4-3-7(8(10)12)5-11-6-10;/h7-8,11-12H,2-6H2,1H3;1H/t7-,8+,10-;/m0./s1. The van der Waals surface area contributed by atoms with Crippen molar-refractivity contribution in [2.24, 2.45) is 11.3 Å². The van der Waals surface area contributed by atoms with E-state index < -0.39 is 11.5 Å². The van der Waals surface area contributed by atoms with Crippen LogP contribution in [0.1, 0.15) is 19.8 Å². The maximum absolute atomic E-state index is 11.8. The molecular weight excluding hydrogens is 218 g/mol. The van der Waals surface area contributed by atoms with E-state index in [4.69, 9.17) is 4.74 Å². The van der Waals surface area contributed by atoms with Crippen molar-refractivity contribution >= 4 is 18.4 Å². The van der Waals surface area contributed by atoms with Crippen LogP contribution in [0, 0.1) is 11.3 Å². The molecule has 0 radical (unpaired) electrons. The monoisotopic (exact) mass is 235 g/mol. The van der Waals surface area contributed by atoms with Crippen molar-refractivity contribution in [3.8, 4) is 0 Å². The van der Waals surface area contributed by atoms with Gasteiger partial charge in [0.2, 0.25) is 0 Å². The van der Waals surface area contributed by atoms with E-state index in [2.05, 4.69) is 5.32 Å². The van der Waals surface area contributed by atoms with Crippen LogP contribution in [0.25, 0.3) is 0 Å². The van der Waals surface area contributed by atoms with Crippen LogP contribution >= 0.6 is 12.4 Å². The maximum atomic E-state index is 11.8. The second kappa shape index (κ2) is 4.68. The average Bonchev–Trinajstić information content (AvgIpc) is 2.40. The van der Waals surface area contributed by atoms with E-state index in [-0.39, 0.29) is 24.3 Å². The fraction of sp³-hybridized carbons (Fsp3) is 0.900. The summed E-state index contributed by atoms with van der Waals surface area (Å²) in [6.07, 6.45) is 1.17. The van der Waals surface area contributed by atoms with Crippen LogP contribution in [0.2, 0.25) is 0 Å². The van der Waals surface area contributed by atoms with Gasteiger partial charge >= 0.3 is 5.97 Å². The molecule has 1 heterocycles. The second-order valence-corrected chi connectivity index (χ2v) is 4.25. The van der Waals surface area contributed by atoms with Crippen LogP contribution < -0.4 is 5.32 Å². The lowest BCUT2D eigenvalue weighted by Gasteiger charge is -2.36. The molecule has 2 fully saturated rings. The summed E-state index contributed by atoms with van der Waals surface area (Å²) in [6, 6.07) is 0. The second-order valence-electron chi connectivity index (χ2n) is 4.25. The van der Waals surface area contributed by atoms with Crippen LogP contribution in [-0.4, -0.2) is 36.9 Å². The molecule has 1 saturated heterocycles. The van der Waals surface area contributed by atoms with E-state index >= 15 is 0 Å². The normalized spacial score (nSPS) is 38.3. The molecule has 0 aromatic heterocycles. The number of esters is 1. The topological polar surface area (TPSA) is 58.6 Å². The average molecular weight is 236 g/mol. The number of carbonyl (C=O) groups is 1. The van der Waals surface area contributed by atoms with E-state index in [1.807, 2.05) is 0 Å². The van der Waals surface area contributed by atoms with Gasteiger partial charge in [-0.15, -0.1) is 12.4 Å². The molecule has 1 aliphatic carbocycles. The number of hydrogen-bond acceptors (Lipinski definition) is 4. The highest BCUT2D eigenvalue weighted by atomic mass is 35.5. The molecule has 0 spiro atoms. The highest BCUT2D eigenvalue weighted by Crippen LogP contribution is 2.44. The van der Waals surface area contributed by atoms with Crippen molar-refractivity contribution < 1.29 is 14.6 Å². The van der Waals surface area contributed by atoms with E-state index in [9.17, 15) is 9.90 Å². The van der Waals surface area contributed by atoms with Gasteiger partial charge in [0.1, 0.15) is 5.41 Å².